The summed E-state index contributed by atoms with van der Waals surface area (Å²) in [5, 5.41) is 3.37. The molecule has 3 rings (SSSR count). The van der Waals surface area contributed by atoms with Crippen LogP contribution in [0.4, 0.5) is 5.69 Å². The van der Waals surface area contributed by atoms with Crippen LogP contribution >= 0.6 is 11.6 Å². The van der Waals surface area contributed by atoms with Crippen LogP contribution in [0.3, 0.4) is 0 Å². The molecule has 1 amide bonds. The number of piperidine rings is 1. The van der Waals surface area contributed by atoms with Gasteiger partial charge in [-0.1, -0.05) is 35.9 Å². The quantitative estimate of drug-likeness (QED) is 0.790. The first-order valence-corrected chi connectivity index (χ1v) is 11.3. The molecule has 2 aromatic carbocycles. The number of rotatable bonds is 5. The number of carbonyl (C=O) groups excluding carboxylic acids is 1. The monoisotopic (exact) mass is 420 g/mol. The number of carbonyl (C=O) groups is 1. The lowest BCUT2D eigenvalue weighted by molar-refractivity contribution is -0.120. The molecule has 0 unspecified atom stereocenters. The summed E-state index contributed by atoms with van der Waals surface area (Å²) in [6, 6.07) is 12.7. The third-order valence-corrected chi connectivity index (χ3v) is 7.38. The normalized spacial score (nSPS) is 18.0. The highest BCUT2D eigenvalue weighted by molar-refractivity contribution is 7.88. The molecule has 5 nitrogen and oxygen atoms in total. The van der Waals surface area contributed by atoms with E-state index >= 15 is 0 Å². The van der Waals surface area contributed by atoms with E-state index in [0.29, 0.717) is 30.0 Å². The topological polar surface area (TPSA) is 66.5 Å². The average Bonchev–Trinajstić information content (AvgIpc) is 2.66. The van der Waals surface area contributed by atoms with Crippen LogP contribution < -0.4 is 5.32 Å². The largest absolute Gasteiger partial charge is 0.326 e. The van der Waals surface area contributed by atoms with E-state index in [0.717, 1.165) is 16.8 Å². The molecule has 28 heavy (non-hydrogen) atoms. The smallest absolute Gasteiger partial charge is 0.228 e. The lowest BCUT2D eigenvalue weighted by Crippen LogP contribution is -2.44. The summed E-state index contributed by atoms with van der Waals surface area (Å²) in [6.07, 6.45) is 1.33. The summed E-state index contributed by atoms with van der Waals surface area (Å²) in [7, 11) is -3.54. The number of sulfonamides is 1. The third-order valence-electron chi connectivity index (χ3n) is 5.22. The molecule has 0 saturated carbocycles. The summed E-state index contributed by atoms with van der Waals surface area (Å²) in [5.74, 6) is -0.657. The molecule has 1 aliphatic heterocycles. The number of anilines is 1. The van der Waals surface area contributed by atoms with E-state index < -0.39 is 10.0 Å². The minimum atomic E-state index is -3.54. The molecular formula is C21H25ClN2O3S. The van der Waals surface area contributed by atoms with Gasteiger partial charge in [0.25, 0.3) is 0 Å². The van der Waals surface area contributed by atoms with Crippen molar-refractivity contribution in [3.05, 3.63) is 64.2 Å². The highest BCUT2D eigenvalue weighted by atomic mass is 35.5. The molecule has 7 heteroatoms. The van der Waals surface area contributed by atoms with Crippen molar-refractivity contribution >= 4 is 33.2 Å². The van der Waals surface area contributed by atoms with Crippen molar-refractivity contribution < 1.29 is 13.2 Å². The fraction of sp³-hybridized carbons (Fsp3) is 0.381. The number of hydrogen-bond acceptors (Lipinski definition) is 3. The van der Waals surface area contributed by atoms with E-state index in [1.165, 1.54) is 4.31 Å². The maximum Gasteiger partial charge on any atom is 0.228 e. The van der Waals surface area contributed by atoms with Crippen molar-refractivity contribution in [2.45, 2.75) is 32.4 Å². The van der Waals surface area contributed by atoms with Crippen molar-refractivity contribution in [1.82, 2.24) is 4.31 Å². The molecule has 1 aliphatic rings. The maximum atomic E-state index is 12.9. The van der Waals surface area contributed by atoms with Gasteiger partial charge in [-0.15, -0.1) is 0 Å². The number of benzene rings is 2. The second-order valence-electron chi connectivity index (χ2n) is 7.33. The number of amides is 1. The molecule has 0 bridgehead atoms. The second kappa shape index (κ2) is 8.64. The van der Waals surface area contributed by atoms with Crippen molar-refractivity contribution in [2.24, 2.45) is 5.92 Å². The zero-order valence-electron chi connectivity index (χ0n) is 16.1. The van der Waals surface area contributed by atoms with Crippen LogP contribution in [-0.4, -0.2) is 31.7 Å². The van der Waals surface area contributed by atoms with Gasteiger partial charge in [0.1, 0.15) is 0 Å². The Balaban J connectivity index is 1.68. The molecule has 1 saturated heterocycles. The Kier molecular flexibility index (Phi) is 6.43. The number of nitrogens with one attached hydrogen (secondary N) is 1. The third kappa shape index (κ3) is 4.93. The molecule has 2 aromatic rings. The molecule has 1 atom stereocenters. The minimum Gasteiger partial charge on any atom is -0.326 e. The molecule has 0 aromatic heterocycles. The predicted octanol–water partition coefficient (Wildman–Crippen LogP) is 4.14. The van der Waals surface area contributed by atoms with Gasteiger partial charge in [-0.2, -0.15) is 0 Å². The highest BCUT2D eigenvalue weighted by Gasteiger charge is 2.32. The first-order valence-electron chi connectivity index (χ1n) is 9.35. The van der Waals surface area contributed by atoms with E-state index in [2.05, 4.69) is 5.32 Å². The van der Waals surface area contributed by atoms with E-state index in [1.807, 2.05) is 32.0 Å². The first kappa shape index (κ1) is 20.8. The Hall–Kier alpha value is -1.89. The second-order valence-corrected chi connectivity index (χ2v) is 9.71. The predicted molar refractivity (Wildman–Crippen MR) is 113 cm³/mol. The van der Waals surface area contributed by atoms with Crippen molar-refractivity contribution in [1.29, 1.82) is 0 Å². The zero-order valence-corrected chi connectivity index (χ0v) is 17.7. The molecule has 1 heterocycles. The van der Waals surface area contributed by atoms with Crippen LogP contribution in [0, 0.1) is 19.8 Å². The SMILES string of the molecule is Cc1ccc(NC(=O)[C@H]2CCCN(S(=O)(=O)Cc3ccccc3Cl)C2)cc1C. The van der Waals surface area contributed by atoms with Gasteiger partial charge in [-0.3, -0.25) is 4.79 Å². The Morgan fingerprint density at radius 1 is 1.18 bits per heavy atom. The van der Waals surface area contributed by atoms with Crippen LogP contribution in [-0.2, 0) is 20.6 Å². The van der Waals surface area contributed by atoms with Gasteiger partial charge in [-0.25, -0.2) is 12.7 Å². The Labute approximate surface area is 171 Å². The zero-order chi connectivity index (χ0) is 20.3. The molecule has 1 fully saturated rings. The molecule has 0 radical (unpaired) electrons. The lowest BCUT2D eigenvalue weighted by atomic mass is 9.98. The Morgan fingerprint density at radius 3 is 2.64 bits per heavy atom. The number of aryl methyl sites for hydroxylation is 2. The van der Waals surface area contributed by atoms with Gasteiger partial charge >= 0.3 is 0 Å². The molecular weight excluding hydrogens is 396 g/mol. The fourth-order valence-electron chi connectivity index (χ4n) is 3.38. The van der Waals surface area contributed by atoms with Crippen molar-refractivity contribution in [3.8, 4) is 0 Å². The summed E-state index contributed by atoms with van der Waals surface area (Å²) >= 11 is 6.12. The molecule has 1 N–H and O–H groups in total. The van der Waals surface area contributed by atoms with Gasteiger partial charge in [0, 0.05) is 23.8 Å². The van der Waals surface area contributed by atoms with Crippen LogP contribution in [0.2, 0.25) is 5.02 Å². The van der Waals surface area contributed by atoms with Crippen LogP contribution in [0.1, 0.15) is 29.5 Å². The fourth-order valence-corrected chi connectivity index (χ4v) is 5.30. The maximum absolute atomic E-state index is 12.9. The van der Waals surface area contributed by atoms with E-state index in [-0.39, 0.29) is 24.1 Å². The van der Waals surface area contributed by atoms with Crippen LogP contribution in [0.15, 0.2) is 42.5 Å². The first-order chi connectivity index (χ1) is 13.3. The number of halogens is 1. The van der Waals surface area contributed by atoms with E-state index in [9.17, 15) is 13.2 Å². The van der Waals surface area contributed by atoms with Gasteiger partial charge in [0.05, 0.1) is 11.7 Å². The summed E-state index contributed by atoms with van der Waals surface area (Å²) < 4.78 is 27.1. The van der Waals surface area contributed by atoms with E-state index in [1.54, 1.807) is 24.3 Å². The van der Waals surface area contributed by atoms with Crippen molar-refractivity contribution in [2.75, 3.05) is 18.4 Å². The minimum absolute atomic E-state index is 0.138. The van der Waals surface area contributed by atoms with Crippen molar-refractivity contribution in [3.63, 3.8) is 0 Å². The molecule has 0 spiro atoms. The van der Waals surface area contributed by atoms with Crippen LogP contribution in [0.25, 0.3) is 0 Å². The van der Waals surface area contributed by atoms with Gasteiger partial charge in [0.2, 0.25) is 15.9 Å². The molecule has 150 valence electrons. The summed E-state index contributed by atoms with van der Waals surface area (Å²) in [6.45, 7) is 4.64. The lowest BCUT2D eigenvalue weighted by Gasteiger charge is -2.31. The number of nitrogens with zero attached hydrogens (tertiary/aromatic N) is 1. The number of hydrogen-bond donors (Lipinski definition) is 1. The van der Waals surface area contributed by atoms with Gasteiger partial charge in [0.15, 0.2) is 0 Å². The summed E-state index contributed by atoms with van der Waals surface area (Å²) in [5.41, 5.74) is 3.58. The average molecular weight is 421 g/mol. The Morgan fingerprint density at radius 2 is 1.93 bits per heavy atom. The van der Waals surface area contributed by atoms with Gasteiger partial charge < -0.3 is 5.32 Å². The Bertz CT molecular complexity index is 975. The van der Waals surface area contributed by atoms with E-state index in [4.69, 9.17) is 11.6 Å². The van der Waals surface area contributed by atoms with Gasteiger partial charge in [-0.05, 0) is 61.6 Å². The van der Waals surface area contributed by atoms with Crippen LogP contribution in [0.5, 0.6) is 0 Å². The molecule has 0 aliphatic carbocycles. The highest BCUT2D eigenvalue weighted by Crippen LogP contribution is 2.25. The summed E-state index contributed by atoms with van der Waals surface area (Å²) in [4.78, 5) is 12.7. The standard InChI is InChI=1S/C21H25ClN2O3S/c1-15-9-10-19(12-16(15)2)23-21(25)17-7-5-11-24(13-17)28(26,27)14-18-6-3-4-8-20(18)22/h3-4,6,8-10,12,17H,5,7,11,13-14H2,1-2H3,(H,23,25)/t17-/m0/s1.